The maximum absolute atomic E-state index is 11.9. The van der Waals surface area contributed by atoms with Gasteiger partial charge in [-0.15, -0.1) is 5.10 Å². The van der Waals surface area contributed by atoms with Crippen LogP contribution < -0.4 is 5.32 Å². The Morgan fingerprint density at radius 2 is 1.90 bits per heavy atom. The van der Waals surface area contributed by atoms with Crippen LogP contribution in [0.4, 0.5) is 5.95 Å². The van der Waals surface area contributed by atoms with E-state index in [0.29, 0.717) is 11.4 Å². The molecule has 2 N–H and O–H groups in total. The number of carboxylic acids is 1. The van der Waals surface area contributed by atoms with Gasteiger partial charge in [-0.05, 0) is 26.0 Å². The van der Waals surface area contributed by atoms with Crippen LogP contribution in [0.15, 0.2) is 18.3 Å². The third-order valence-electron chi connectivity index (χ3n) is 2.56. The Balaban J connectivity index is 2.15. The minimum Gasteiger partial charge on any atom is -0.477 e. The number of anilines is 1. The fourth-order valence-electron chi connectivity index (χ4n) is 1.34. The summed E-state index contributed by atoms with van der Waals surface area (Å²) in [6.45, 7) is 3.51. The molecule has 0 bridgehead atoms. The first-order chi connectivity index (χ1) is 9.47. The SMILES string of the molecule is Cc1nnc(NC(=O)c2ccc(C(=O)O)nc2)nc1C. The summed E-state index contributed by atoms with van der Waals surface area (Å²) in [5.41, 5.74) is 1.41. The van der Waals surface area contributed by atoms with Gasteiger partial charge >= 0.3 is 5.97 Å². The number of carboxylic acid groups (broad SMARTS) is 1. The van der Waals surface area contributed by atoms with Gasteiger partial charge in [0.2, 0.25) is 5.95 Å². The molecule has 0 aliphatic rings. The summed E-state index contributed by atoms with van der Waals surface area (Å²) in [4.78, 5) is 30.3. The lowest BCUT2D eigenvalue weighted by Gasteiger charge is -2.04. The molecule has 0 spiro atoms. The number of aryl methyl sites for hydroxylation is 2. The number of nitrogens with one attached hydrogen (secondary N) is 1. The molecule has 8 nitrogen and oxygen atoms in total. The van der Waals surface area contributed by atoms with Gasteiger partial charge in [0.1, 0.15) is 5.69 Å². The highest BCUT2D eigenvalue weighted by atomic mass is 16.4. The van der Waals surface area contributed by atoms with E-state index in [1.165, 1.54) is 18.3 Å². The summed E-state index contributed by atoms with van der Waals surface area (Å²) in [5.74, 6) is -1.56. The van der Waals surface area contributed by atoms with Crippen LogP contribution in [-0.4, -0.2) is 37.1 Å². The van der Waals surface area contributed by atoms with Crippen molar-refractivity contribution in [1.29, 1.82) is 0 Å². The van der Waals surface area contributed by atoms with Gasteiger partial charge in [0.25, 0.3) is 5.91 Å². The second-order valence-electron chi connectivity index (χ2n) is 4.00. The molecule has 2 heterocycles. The fourth-order valence-corrected chi connectivity index (χ4v) is 1.34. The molecule has 0 fully saturated rings. The molecule has 0 radical (unpaired) electrons. The first kappa shape index (κ1) is 13.5. The minimum atomic E-state index is -1.15. The third-order valence-corrected chi connectivity index (χ3v) is 2.56. The number of nitrogens with zero attached hydrogens (tertiary/aromatic N) is 4. The number of hydrogen-bond acceptors (Lipinski definition) is 6. The molecule has 102 valence electrons. The van der Waals surface area contributed by atoms with Crippen LogP contribution in [0, 0.1) is 13.8 Å². The number of rotatable bonds is 3. The van der Waals surface area contributed by atoms with Gasteiger partial charge in [-0.25, -0.2) is 14.8 Å². The number of carbonyl (C=O) groups is 2. The smallest absolute Gasteiger partial charge is 0.354 e. The highest BCUT2D eigenvalue weighted by Crippen LogP contribution is 2.06. The largest absolute Gasteiger partial charge is 0.477 e. The van der Waals surface area contributed by atoms with Crippen molar-refractivity contribution < 1.29 is 14.7 Å². The molecule has 0 aliphatic heterocycles. The molecule has 20 heavy (non-hydrogen) atoms. The van der Waals surface area contributed by atoms with Gasteiger partial charge < -0.3 is 5.11 Å². The second-order valence-corrected chi connectivity index (χ2v) is 4.00. The molecule has 0 atom stereocenters. The maximum Gasteiger partial charge on any atom is 0.354 e. The Hall–Kier alpha value is -2.90. The zero-order chi connectivity index (χ0) is 14.7. The van der Waals surface area contributed by atoms with E-state index < -0.39 is 11.9 Å². The van der Waals surface area contributed by atoms with E-state index >= 15 is 0 Å². The standard InChI is InChI=1S/C12H11N5O3/c1-6-7(2)16-17-12(14-6)15-10(18)8-3-4-9(11(19)20)13-5-8/h3-5H,1-2H3,(H,19,20)(H,14,15,17,18). The van der Waals surface area contributed by atoms with E-state index in [9.17, 15) is 9.59 Å². The number of aromatic nitrogens is 4. The summed E-state index contributed by atoms with van der Waals surface area (Å²) in [7, 11) is 0. The van der Waals surface area contributed by atoms with Gasteiger partial charge in [-0.3, -0.25) is 10.1 Å². The summed E-state index contributed by atoms with van der Waals surface area (Å²) in [5, 5.41) is 18.8. The molecule has 2 aromatic rings. The molecular weight excluding hydrogens is 262 g/mol. The molecule has 0 unspecified atom stereocenters. The van der Waals surface area contributed by atoms with Crippen LogP contribution in [0.25, 0.3) is 0 Å². The van der Waals surface area contributed by atoms with Crippen molar-refractivity contribution in [2.45, 2.75) is 13.8 Å². The van der Waals surface area contributed by atoms with Crippen molar-refractivity contribution in [3.8, 4) is 0 Å². The van der Waals surface area contributed by atoms with Gasteiger partial charge in [0, 0.05) is 6.20 Å². The van der Waals surface area contributed by atoms with E-state index in [0.717, 1.165) is 0 Å². The van der Waals surface area contributed by atoms with Crippen LogP contribution in [0.3, 0.4) is 0 Å². The number of aromatic carboxylic acids is 1. The molecule has 2 rings (SSSR count). The van der Waals surface area contributed by atoms with Crippen LogP contribution in [0.2, 0.25) is 0 Å². The Morgan fingerprint density at radius 1 is 1.15 bits per heavy atom. The lowest BCUT2D eigenvalue weighted by molar-refractivity contribution is 0.0690. The zero-order valence-electron chi connectivity index (χ0n) is 10.8. The van der Waals surface area contributed by atoms with Gasteiger partial charge in [0.05, 0.1) is 17.0 Å². The molecule has 2 aromatic heterocycles. The zero-order valence-corrected chi connectivity index (χ0v) is 10.8. The van der Waals surface area contributed by atoms with Crippen LogP contribution in [0.5, 0.6) is 0 Å². The lowest BCUT2D eigenvalue weighted by atomic mass is 10.2. The molecule has 8 heteroatoms. The quantitative estimate of drug-likeness (QED) is 0.850. The average molecular weight is 273 g/mol. The predicted octanol–water partition coefficient (Wildman–Crippen LogP) is 0.834. The topological polar surface area (TPSA) is 118 Å². The molecule has 0 saturated heterocycles. The van der Waals surface area contributed by atoms with Crippen LogP contribution in [-0.2, 0) is 0 Å². The predicted molar refractivity (Wildman–Crippen MR) is 68.5 cm³/mol. The third kappa shape index (κ3) is 2.91. The summed E-state index contributed by atoms with van der Waals surface area (Å²) in [6.07, 6.45) is 1.17. The highest BCUT2D eigenvalue weighted by molar-refractivity contribution is 6.03. The first-order valence-corrected chi connectivity index (χ1v) is 5.66. The highest BCUT2D eigenvalue weighted by Gasteiger charge is 2.11. The van der Waals surface area contributed by atoms with E-state index in [4.69, 9.17) is 5.11 Å². The Bertz CT molecular complexity index is 669. The van der Waals surface area contributed by atoms with Crippen LogP contribution in [0.1, 0.15) is 32.2 Å². The number of hydrogen-bond donors (Lipinski definition) is 2. The van der Waals surface area contributed by atoms with Crippen LogP contribution >= 0.6 is 0 Å². The Morgan fingerprint density at radius 3 is 2.45 bits per heavy atom. The van der Waals surface area contributed by atoms with Gasteiger partial charge in [0.15, 0.2) is 0 Å². The Kier molecular flexibility index (Phi) is 3.65. The van der Waals surface area contributed by atoms with Crippen molar-refractivity contribution in [1.82, 2.24) is 20.2 Å². The van der Waals surface area contributed by atoms with Gasteiger partial charge in [-0.1, -0.05) is 0 Å². The molecule has 0 saturated carbocycles. The van der Waals surface area contributed by atoms with E-state index in [1.54, 1.807) is 13.8 Å². The summed E-state index contributed by atoms with van der Waals surface area (Å²) >= 11 is 0. The summed E-state index contributed by atoms with van der Waals surface area (Å²) < 4.78 is 0. The van der Waals surface area contributed by atoms with Crippen molar-refractivity contribution in [2.75, 3.05) is 5.32 Å². The molecule has 0 aliphatic carbocycles. The number of amides is 1. The van der Waals surface area contributed by atoms with Crippen molar-refractivity contribution in [3.63, 3.8) is 0 Å². The number of pyridine rings is 1. The minimum absolute atomic E-state index is 0.0837. The normalized spacial score (nSPS) is 10.1. The van der Waals surface area contributed by atoms with Crippen molar-refractivity contribution >= 4 is 17.8 Å². The second kappa shape index (κ2) is 5.39. The van der Waals surface area contributed by atoms with Gasteiger partial charge in [-0.2, -0.15) is 5.10 Å². The number of carbonyl (C=O) groups excluding carboxylic acids is 1. The van der Waals surface area contributed by atoms with E-state index in [2.05, 4.69) is 25.5 Å². The lowest BCUT2D eigenvalue weighted by Crippen LogP contribution is -2.16. The summed E-state index contributed by atoms with van der Waals surface area (Å²) in [6, 6.07) is 2.61. The molecule has 1 amide bonds. The van der Waals surface area contributed by atoms with Crippen molar-refractivity contribution in [2.24, 2.45) is 0 Å². The van der Waals surface area contributed by atoms with E-state index in [-0.39, 0.29) is 17.2 Å². The maximum atomic E-state index is 11.9. The molecular formula is C12H11N5O3. The fraction of sp³-hybridized carbons (Fsp3) is 0.167. The van der Waals surface area contributed by atoms with E-state index in [1.807, 2.05) is 0 Å². The average Bonchev–Trinajstić information content (AvgIpc) is 2.43. The molecule has 0 aromatic carbocycles. The van der Waals surface area contributed by atoms with Crippen molar-refractivity contribution in [3.05, 3.63) is 41.0 Å². The first-order valence-electron chi connectivity index (χ1n) is 5.66. The Labute approximate surface area is 113 Å². The monoisotopic (exact) mass is 273 g/mol.